The maximum absolute atomic E-state index is 12.2. The Labute approximate surface area is 144 Å². The summed E-state index contributed by atoms with van der Waals surface area (Å²) in [6.07, 6.45) is 0. The Morgan fingerprint density at radius 2 is 1.59 bits per heavy atom. The summed E-state index contributed by atoms with van der Waals surface area (Å²) in [5.41, 5.74) is 6.87. The zero-order valence-electron chi connectivity index (χ0n) is 12.9. The van der Waals surface area contributed by atoms with Crippen LogP contribution in [-0.2, 0) is 4.79 Å². The number of aromatic hydroxyl groups is 1. The Kier molecular flexibility index (Phi) is 8.60. The fourth-order valence-electron chi connectivity index (χ4n) is 2.36. The van der Waals surface area contributed by atoms with E-state index in [1.54, 1.807) is 12.1 Å². The molecule has 0 bridgehead atoms. The molecule has 5 nitrogen and oxygen atoms in total. The first-order valence-corrected chi connectivity index (χ1v) is 7.07. The lowest BCUT2D eigenvalue weighted by Crippen LogP contribution is -2.52. The van der Waals surface area contributed by atoms with Crippen LogP contribution in [0.1, 0.15) is 13.8 Å². The summed E-state index contributed by atoms with van der Waals surface area (Å²) >= 11 is 0. The number of hydrogen-bond donors (Lipinski definition) is 2. The van der Waals surface area contributed by atoms with E-state index in [-0.39, 0.29) is 48.4 Å². The normalized spacial score (nSPS) is 17.0. The Bertz CT molecular complexity index is 460. The molecule has 0 aliphatic carbocycles. The van der Waals surface area contributed by atoms with Gasteiger partial charge in [0.15, 0.2) is 0 Å². The highest BCUT2D eigenvalue weighted by Gasteiger charge is 2.26. The van der Waals surface area contributed by atoms with Gasteiger partial charge in [0.2, 0.25) is 5.91 Å². The van der Waals surface area contributed by atoms with Gasteiger partial charge in [-0.1, -0.05) is 6.92 Å². The number of carbonyl (C=O) groups excluding carboxylic acids is 1. The van der Waals surface area contributed by atoms with Crippen molar-refractivity contribution in [3.63, 3.8) is 0 Å². The molecule has 1 amide bonds. The highest BCUT2D eigenvalue weighted by atomic mass is 35.5. The number of hydrogen-bond acceptors (Lipinski definition) is 4. The zero-order chi connectivity index (χ0) is 14.7. The Balaban J connectivity index is 0.00000220. The summed E-state index contributed by atoms with van der Waals surface area (Å²) in [5, 5.41) is 9.30. The number of nitrogens with zero attached hydrogens (tertiary/aromatic N) is 2. The number of phenolic OH excluding ortho intramolecular Hbond substituents is 1. The molecular weight excluding hydrogens is 325 g/mol. The van der Waals surface area contributed by atoms with E-state index >= 15 is 0 Å². The monoisotopic (exact) mass is 349 g/mol. The lowest BCUT2D eigenvalue weighted by Gasteiger charge is -2.37. The number of anilines is 1. The molecule has 1 fully saturated rings. The second-order valence-corrected chi connectivity index (χ2v) is 5.48. The number of rotatable bonds is 3. The largest absolute Gasteiger partial charge is 0.508 e. The van der Waals surface area contributed by atoms with E-state index in [2.05, 4.69) is 4.90 Å². The molecule has 1 aromatic carbocycles. The van der Waals surface area contributed by atoms with Crippen LogP contribution in [0, 0.1) is 5.92 Å². The van der Waals surface area contributed by atoms with Gasteiger partial charge in [-0.2, -0.15) is 0 Å². The molecule has 2 unspecified atom stereocenters. The highest BCUT2D eigenvalue weighted by molar-refractivity contribution is 5.85. The predicted molar refractivity (Wildman–Crippen MR) is 94.2 cm³/mol. The van der Waals surface area contributed by atoms with Crippen molar-refractivity contribution in [3.8, 4) is 5.75 Å². The summed E-state index contributed by atoms with van der Waals surface area (Å²) in [5.74, 6) is 0.286. The Hall–Kier alpha value is -1.17. The van der Waals surface area contributed by atoms with Gasteiger partial charge in [-0.3, -0.25) is 4.79 Å². The third kappa shape index (κ3) is 4.93. The number of carbonyl (C=O) groups is 1. The Morgan fingerprint density at radius 3 is 2.05 bits per heavy atom. The second kappa shape index (κ2) is 9.08. The van der Waals surface area contributed by atoms with Gasteiger partial charge >= 0.3 is 0 Å². The topological polar surface area (TPSA) is 69.8 Å². The molecule has 1 saturated heterocycles. The molecule has 2 atom stereocenters. The van der Waals surface area contributed by atoms with Crippen LogP contribution in [0.25, 0.3) is 0 Å². The highest BCUT2D eigenvalue weighted by Crippen LogP contribution is 2.20. The number of nitrogens with two attached hydrogens (primary N) is 1. The van der Waals surface area contributed by atoms with Crippen LogP contribution in [-0.4, -0.2) is 48.1 Å². The number of piperazine rings is 1. The molecule has 0 aromatic heterocycles. The van der Waals surface area contributed by atoms with Gasteiger partial charge in [0.25, 0.3) is 0 Å². The van der Waals surface area contributed by atoms with Crippen molar-refractivity contribution in [1.29, 1.82) is 0 Å². The fraction of sp³-hybridized carbons (Fsp3) is 0.533. The first-order chi connectivity index (χ1) is 9.49. The molecule has 7 heteroatoms. The Morgan fingerprint density at radius 1 is 1.09 bits per heavy atom. The van der Waals surface area contributed by atoms with Gasteiger partial charge in [0, 0.05) is 37.9 Å². The summed E-state index contributed by atoms with van der Waals surface area (Å²) < 4.78 is 0. The molecule has 1 heterocycles. The van der Waals surface area contributed by atoms with Crippen molar-refractivity contribution >= 4 is 36.4 Å². The van der Waals surface area contributed by atoms with E-state index in [9.17, 15) is 9.90 Å². The van der Waals surface area contributed by atoms with Crippen LogP contribution in [0.3, 0.4) is 0 Å². The molecule has 22 heavy (non-hydrogen) atoms. The number of benzene rings is 1. The van der Waals surface area contributed by atoms with Gasteiger partial charge in [0.05, 0.1) is 5.92 Å². The maximum atomic E-state index is 12.2. The van der Waals surface area contributed by atoms with Gasteiger partial charge in [-0.15, -0.1) is 24.8 Å². The van der Waals surface area contributed by atoms with Crippen molar-refractivity contribution in [2.24, 2.45) is 11.7 Å². The number of amides is 1. The van der Waals surface area contributed by atoms with Crippen molar-refractivity contribution < 1.29 is 9.90 Å². The minimum atomic E-state index is -0.129. The standard InChI is InChI=1S/C15H23N3O2.2ClH/c1-11(12(2)16)15(20)18-9-7-17(8-10-18)13-3-5-14(19)6-4-13;;/h3-6,11-12,19H,7-10,16H2,1-2H3;2*1H. The third-order valence-electron chi connectivity index (χ3n) is 3.98. The lowest BCUT2D eigenvalue weighted by atomic mass is 10.0. The first-order valence-electron chi connectivity index (χ1n) is 7.07. The summed E-state index contributed by atoms with van der Waals surface area (Å²) in [4.78, 5) is 16.3. The third-order valence-corrected chi connectivity index (χ3v) is 3.98. The summed E-state index contributed by atoms with van der Waals surface area (Å²) in [7, 11) is 0. The van der Waals surface area contributed by atoms with E-state index < -0.39 is 0 Å². The minimum Gasteiger partial charge on any atom is -0.508 e. The van der Waals surface area contributed by atoms with Crippen molar-refractivity contribution in [3.05, 3.63) is 24.3 Å². The molecule has 0 saturated carbocycles. The van der Waals surface area contributed by atoms with Gasteiger partial charge in [0.1, 0.15) is 5.75 Å². The average molecular weight is 350 g/mol. The molecule has 0 spiro atoms. The smallest absolute Gasteiger partial charge is 0.227 e. The number of phenols is 1. The minimum absolute atomic E-state index is 0. The van der Waals surface area contributed by atoms with E-state index in [1.165, 1.54) is 0 Å². The average Bonchev–Trinajstić information content (AvgIpc) is 2.46. The molecule has 0 radical (unpaired) electrons. The van der Waals surface area contributed by atoms with Gasteiger partial charge < -0.3 is 20.6 Å². The SMILES string of the molecule is CC(N)C(C)C(=O)N1CCN(c2ccc(O)cc2)CC1.Cl.Cl. The molecule has 1 aliphatic rings. The van der Waals surface area contributed by atoms with Crippen LogP contribution < -0.4 is 10.6 Å². The second-order valence-electron chi connectivity index (χ2n) is 5.48. The summed E-state index contributed by atoms with van der Waals surface area (Å²) in [6.45, 7) is 6.81. The van der Waals surface area contributed by atoms with E-state index in [4.69, 9.17) is 5.73 Å². The summed E-state index contributed by atoms with van der Waals surface area (Å²) in [6, 6.07) is 7.06. The number of halogens is 2. The molecule has 1 aliphatic heterocycles. The molecule has 1 aromatic rings. The van der Waals surface area contributed by atoms with Crippen molar-refractivity contribution in [2.75, 3.05) is 31.1 Å². The van der Waals surface area contributed by atoms with E-state index in [0.29, 0.717) is 0 Å². The fourth-order valence-corrected chi connectivity index (χ4v) is 2.36. The molecule has 3 N–H and O–H groups in total. The van der Waals surface area contributed by atoms with Crippen LogP contribution >= 0.6 is 24.8 Å². The first kappa shape index (κ1) is 20.8. The van der Waals surface area contributed by atoms with Crippen molar-refractivity contribution in [2.45, 2.75) is 19.9 Å². The van der Waals surface area contributed by atoms with Gasteiger partial charge in [-0.05, 0) is 31.2 Å². The van der Waals surface area contributed by atoms with Crippen LogP contribution in [0.5, 0.6) is 5.75 Å². The zero-order valence-corrected chi connectivity index (χ0v) is 14.6. The molecule has 2 rings (SSSR count). The predicted octanol–water partition coefficient (Wildman–Crippen LogP) is 1.87. The van der Waals surface area contributed by atoms with E-state index in [1.807, 2.05) is 30.9 Å². The van der Waals surface area contributed by atoms with Crippen LogP contribution in [0.4, 0.5) is 5.69 Å². The van der Waals surface area contributed by atoms with Crippen LogP contribution in [0.2, 0.25) is 0 Å². The quantitative estimate of drug-likeness (QED) is 0.873. The molecular formula is C15H25Cl2N3O2. The van der Waals surface area contributed by atoms with Crippen LogP contribution in [0.15, 0.2) is 24.3 Å². The lowest BCUT2D eigenvalue weighted by molar-refractivity contribution is -0.135. The van der Waals surface area contributed by atoms with Crippen molar-refractivity contribution in [1.82, 2.24) is 4.90 Å². The maximum Gasteiger partial charge on any atom is 0.227 e. The molecule has 126 valence electrons. The van der Waals surface area contributed by atoms with E-state index in [0.717, 1.165) is 31.9 Å². The van der Waals surface area contributed by atoms with Gasteiger partial charge in [-0.25, -0.2) is 0 Å².